The van der Waals surface area contributed by atoms with Gasteiger partial charge in [-0.3, -0.25) is 0 Å². The molecule has 0 aromatic rings. The number of nitriles is 1. The fourth-order valence-electron chi connectivity index (χ4n) is 5.38. The summed E-state index contributed by atoms with van der Waals surface area (Å²) in [6, 6.07) is 2.47. The molecule has 3 fully saturated rings. The van der Waals surface area contributed by atoms with Crippen molar-refractivity contribution >= 4 is 5.97 Å². The molecule has 0 aliphatic heterocycles. The van der Waals surface area contributed by atoms with Crippen LogP contribution in [0.4, 0.5) is 0 Å². The molecule has 0 N–H and O–H groups in total. The molecule has 0 amide bonds. The van der Waals surface area contributed by atoms with Gasteiger partial charge in [-0.05, 0) is 70.1 Å². The van der Waals surface area contributed by atoms with Crippen LogP contribution in [-0.4, -0.2) is 11.6 Å². The highest BCUT2D eigenvalue weighted by atomic mass is 16.6. The van der Waals surface area contributed by atoms with Crippen LogP contribution in [0.1, 0.15) is 46.5 Å². The van der Waals surface area contributed by atoms with Crippen LogP contribution in [0.25, 0.3) is 0 Å². The zero-order chi connectivity index (χ0) is 15.4. The predicted octanol–water partition coefficient (Wildman–Crippen LogP) is 3.71. The molecule has 0 aromatic carbocycles. The second-order valence-electron chi connectivity index (χ2n) is 7.90. The van der Waals surface area contributed by atoms with Gasteiger partial charge < -0.3 is 4.74 Å². The Balaban J connectivity index is 1.73. The quantitative estimate of drug-likeness (QED) is 0.587. The third-order valence-electron chi connectivity index (χ3n) is 6.25. The van der Waals surface area contributed by atoms with Crippen LogP contribution in [-0.2, 0) is 9.53 Å². The molecular weight excluding hydrogens is 262 g/mol. The van der Waals surface area contributed by atoms with Crippen LogP contribution in [0.5, 0.6) is 0 Å². The van der Waals surface area contributed by atoms with Gasteiger partial charge in [0, 0.05) is 17.4 Å². The highest BCUT2D eigenvalue weighted by Crippen LogP contribution is 2.64. The summed E-state index contributed by atoms with van der Waals surface area (Å²) in [7, 11) is 0. The van der Waals surface area contributed by atoms with Crippen molar-refractivity contribution in [3.63, 3.8) is 0 Å². The zero-order valence-corrected chi connectivity index (χ0v) is 13.3. The maximum absolute atomic E-state index is 11.9. The molecule has 0 radical (unpaired) electrons. The van der Waals surface area contributed by atoms with E-state index in [2.05, 4.69) is 12.6 Å². The van der Waals surface area contributed by atoms with Crippen LogP contribution >= 0.6 is 0 Å². The monoisotopic (exact) mass is 287 g/mol. The van der Waals surface area contributed by atoms with Crippen molar-refractivity contribution in [1.29, 1.82) is 5.26 Å². The summed E-state index contributed by atoms with van der Waals surface area (Å²) in [4.78, 5) is 11.9. The molecule has 0 spiro atoms. The Morgan fingerprint density at radius 3 is 2.48 bits per heavy atom. The first kappa shape index (κ1) is 14.6. The van der Waals surface area contributed by atoms with Crippen molar-refractivity contribution in [2.75, 3.05) is 0 Å². The van der Waals surface area contributed by atoms with E-state index in [0.717, 1.165) is 31.1 Å². The number of hydrogen-bond acceptors (Lipinski definition) is 3. The van der Waals surface area contributed by atoms with Crippen molar-refractivity contribution < 1.29 is 9.53 Å². The summed E-state index contributed by atoms with van der Waals surface area (Å²) < 4.78 is 5.73. The van der Waals surface area contributed by atoms with Crippen LogP contribution in [0.15, 0.2) is 12.2 Å². The van der Waals surface area contributed by atoms with Crippen LogP contribution in [0.3, 0.4) is 0 Å². The standard InChI is InChI=1S/C18H25NO2/c1-10(2)17(20)21-18(3,4)16-8-12-7-15(16)14-6-11(9-19)5-13(12)14/h11-16H,1,5-8H2,2-4H3. The lowest BCUT2D eigenvalue weighted by Gasteiger charge is -2.40. The molecule has 3 aliphatic carbocycles. The van der Waals surface area contributed by atoms with E-state index in [-0.39, 0.29) is 11.9 Å². The Bertz CT molecular complexity index is 516. The second kappa shape index (κ2) is 4.87. The normalized spacial score (nSPS) is 40.7. The molecule has 6 atom stereocenters. The number of carbonyl (C=O) groups is 1. The number of esters is 1. The summed E-state index contributed by atoms with van der Waals surface area (Å²) in [5, 5.41) is 9.19. The van der Waals surface area contributed by atoms with Crippen molar-refractivity contribution in [3.8, 4) is 6.07 Å². The number of carbonyl (C=O) groups excluding carboxylic acids is 1. The maximum atomic E-state index is 11.9. The molecule has 114 valence electrons. The van der Waals surface area contributed by atoms with Crippen molar-refractivity contribution in [3.05, 3.63) is 12.2 Å². The summed E-state index contributed by atoms with van der Waals surface area (Å²) in [6.45, 7) is 9.47. The Hall–Kier alpha value is -1.30. The molecule has 3 aliphatic rings. The minimum atomic E-state index is -0.425. The van der Waals surface area contributed by atoms with Gasteiger partial charge in [-0.1, -0.05) is 6.58 Å². The molecular formula is C18H25NO2. The van der Waals surface area contributed by atoms with Gasteiger partial charge in [-0.25, -0.2) is 4.79 Å². The largest absolute Gasteiger partial charge is 0.456 e. The zero-order valence-electron chi connectivity index (χ0n) is 13.3. The van der Waals surface area contributed by atoms with Crippen molar-refractivity contribution in [1.82, 2.24) is 0 Å². The Labute approximate surface area is 127 Å². The molecule has 6 unspecified atom stereocenters. The van der Waals surface area contributed by atoms with Gasteiger partial charge >= 0.3 is 5.97 Å². The molecule has 3 rings (SSSR count). The topological polar surface area (TPSA) is 50.1 Å². The van der Waals surface area contributed by atoms with E-state index in [1.807, 2.05) is 13.8 Å². The van der Waals surface area contributed by atoms with Gasteiger partial charge in [0.15, 0.2) is 0 Å². The number of rotatable bonds is 3. The van der Waals surface area contributed by atoms with E-state index < -0.39 is 5.60 Å². The first-order valence-electron chi connectivity index (χ1n) is 8.12. The van der Waals surface area contributed by atoms with Crippen molar-refractivity contribution in [2.45, 2.75) is 52.1 Å². The summed E-state index contributed by atoms with van der Waals surface area (Å²) in [5.74, 6) is 3.22. The van der Waals surface area contributed by atoms with Gasteiger partial charge in [0.05, 0.1) is 6.07 Å². The molecule has 21 heavy (non-hydrogen) atoms. The molecule has 3 heteroatoms. The fraction of sp³-hybridized carbons (Fsp3) is 0.778. The van der Waals surface area contributed by atoms with Crippen molar-refractivity contribution in [2.24, 2.45) is 35.5 Å². The molecule has 2 bridgehead atoms. The van der Waals surface area contributed by atoms with E-state index in [4.69, 9.17) is 4.74 Å². The van der Waals surface area contributed by atoms with Crippen LogP contribution in [0, 0.1) is 46.8 Å². The minimum absolute atomic E-state index is 0.255. The summed E-state index contributed by atoms with van der Waals surface area (Å²) >= 11 is 0. The third kappa shape index (κ3) is 2.29. The summed E-state index contributed by atoms with van der Waals surface area (Å²) in [6.07, 6.45) is 4.58. The molecule has 0 aromatic heterocycles. The van der Waals surface area contributed by atoms with Gasteiger partial charge in [0.25, 0.3) is 0 Å². The smallest absolute Gasteiger partial charge is 0.333 e. The lowest BCUT2D eigenvalue weighted by molar-refractivity contribution is -0.160. The predicted molar refractivity (Wildman–Crippen MR) is 80.0 cm³/mol. The highest BCUT2D eigenvalue weighted by Gasteiger charge is 2.59. The highest BCUT2D eigenvalue weighted by molar-refractivity contribution is 5.87. The van der Waals surface area contributed by atoms with E-state index in [1.54, 1.807) is 6.92 Å². The molecule has 0 heterocycles. The lowest BCUT2D eigenvalue weighted by atomic mass is 9.70. The van der Waals surface area contributed by atoms with Gasteiger partial charge in [-0.15, -0.1) is 0 Å². The number of hydrogen-bond donors (Lipinski definition) is 0. The van der Waals surface area contributed by atoms with E-state index in [0.29, 0.717) is 23.3 Å². The first-order valence-corrected chi connectivity index (χ1v) is 8.12. The lowest BCUT2D eigenvalue weighted by Crippen LogP contribution is -2.42. The Morgan fingerprint density at radius 1 is 1.19 bits per heavy atom. The molecule has 3 saturated carbocycles. The maximum Gasteiger partial charge on any atom is 0.333 e. The SMILES string of the molecule is C=C(C)C(=O)OC(C)(C)C1CC2CC1C1CC(C#N)CC21. The Morgan fingerprint density at radius 2 is 1.86 bits per heavy atom. The third-order valence-corrected chi connectivity index (χ3v) is 6.25. The van der Waals surface area contributed by atoms with E-state index in [9.17, 15) is 10.1 Å². The van der Waals surface area contributed by atoms with Crippen LogP contribution in [0.2, 0.25) is 0 Å². The fourth-order valence-corrected chi connectivity index (χ4v) is 5.38. The van der Waals surface area contributed by atoms with E-state index >= 15 is 0 Å². The Kier molecular flexibility index (Phi) is 3.39. The average molecular weight is 287 g/mol. The van der Waals surface area contributed by atoms with Crippen LogP contribution < -0.4 is 0 Å². The first-order chi connectivity index (χ1) is 9.83. The van der Waals surface area contributed by atoms with Gasteiger partial charge in [0.1, 0.15) is 5.60 Å². The minimum Gasteiger partial charge on any atom is -0.456 e. The van der Waals surface area contributed by atoms with E-state index in [1.165, 1.54) is 6.42 Å². The second-order valence-corrected chi connectivity index (χ2v) is 7.90. The number of nitrogens with zero attached hydrogens (tertiary/aromatic N) is 1. The summed E-state index contributed by atoms with van der Waals surface area (Å²) in [5.41, 5.74) is 0.0417. The number of fused-ring (bicyclic) bond motifs is 5. The van der Waals surface area contributed by atoms with Gasteiger partial charge in [-0.2, -0.15) is 5.26 Å². The average Bonchev–Trinajstić information content (AvgIpc) is 3.08. The number of ether oxygens (including phenoxy) is 1. The van der Waals surface area contributed by atoms with Gasteiger partial charge in [0.2, 0.25) is 0 Å². The molecule has 3 nitrogen and oxygen atoms in total. The molecule has 0 saturated heterocycles.